The van der Waals surface area contributed by atoms with E-state index in [9.17, 15) is 4.79 Å². The molecule has 100 valence electrons. The third-order valence-corrected chi connectivity index (χ3v) is 3.36. The van der Waals surface area contributed by atoms with Gasteiger partial charge in [0.2, 0.25) is 0 Å². The van der Waals surface area contributed by atoms with Gasteiger partial charge in [0.1, 0.15) is 0 Å². The Balaban J connectivity index is 2.60. The Morgan fingerprint density at radius 2 is 1.94 bits per heavy atom. The van der Waals surface area contributed by atoms with Crippen LogP contribution in [0.15, 0.2) is 0 Å². The van der Waals surface area contributed by atoms with Gasteiger partial charge in [-0.2, -0.15) is 0 Å². The summed E-state index contributed by atoms with van der Waals surface area (Å²) in [6, 6.07) is 0.509. The first-order valence-electron chi connectivity index (χ1n) is 6.49. The second kappa shape index (κ2) is 6.36. The van der Waals surface area contributed by atoms with Gasteiger partial charge in [0.25, 0.3) is 0 Å². The van der Waals surface area contributed by atoms with Crippen molar-refractivity contribution in [3.05, 3.63) is 0 Å². The van der Waals surface area contributed by atoms with E-state index in [1.807, 2.05) is 0 Å². The van der Waals surface area contributed by atoms with Gasteiger partial charge < -0.3 is 9.84 Å². The smallest absolute Gasteiger partial charge is 0.306 e. The molecule has 0 spiro atoms. The Hall–Kier alpha value is -0.610. The SMILES string of the molecule is CC(C)C(C(C)C)N1CCOC(CC(=O)O)C1. The second-order valence-electron chi connectivity index (χ2n) is 5.56. The van der Waals surface area contributed by atoms with Crippen LogP contribution in [0.3, 0.4) is 0 Å². The van der Waals surface area contributed by atoms with Crippen LogP contribution < -0.4 is 0 Å². The highest BCUT2D eigenvalue weighted by atomic mass is 16.5. The predicted molar refractivity (Wildman–Crippen MR) is 67.0 cm³/mol. The van der Waals surface area contributed by atoms with Crippen LogP contribution in [-0.4, -0.2) is 47.8 Å². The molecule has 4 heteroatoms. The van der Waals surface area contributed by atoms with Crippen LogP contribution in [-0.2, 0) is 9.53 Å². The summed E-state index contributed by atoms with van der Waals surface area (Å²) >= 11 is 0. The van der Waals surface area contributed by atoms with Crippen LogP contribution in [0.25, 0.3) is 0 Å². The van der Waals surface area contributed by atoms with Crippen molar-refractivity contribution in [2.45, 2.75) is 46.3 Å². The van der Waals surface area contributed by atoms with Crippen molar-refractivity contribution in [3.63, 3.8) is 0 Å². The lowest BCUT2D eigenvalue weighted by atomic mass is 9.91. The molecule has 1 aliphatic heterocycles. The fraction of sp³-hybridized carbons (Fsp3) is 0.923. The molecule has 0 aromatic rings. The molecule has 4 nitrogen and oxygen atoms in total. The number of aliphatic carboxylic acids is 1. The zero-order valence-corrected chi connectivity index (χ0v) is 11.3. The Kier molecular flexibility index (Phi) is 5.40. The first-order valence-corrected chi connectivity index (χ1v) is 6.49. The van der Waals surface area contributed by atoms with Gasteiger partial charge in [-0.25, -0.2) is 0 Å². The molecule has 0 aromatic heterocycles. The van der Waals surface area contributed by atoms with E-state index in [4.69, 9.17) is 9.84 Å². The van der Waals surface area contributed by atoms with Gasteiger partial charge in [-0.05, 0) is 11.8 Å². The lowest BCUT2D eigenvalue weighted by Crippen LogP contribution is -2.51. The monoisotopic (exact) mass is 243 g/mol. The fourth-order valence-corrected chi connectivity index (χ4v) is 2.94. The molecule has 0 amide bonds. The first-order chi connectivity index (χ1) is 7.91. The molecule has 1 N–H and O–H groups in total. The fourth-order valence-electron chi connectivity index (χ4n) is 2.94. The summed E-state index contributed by atoms with van der Waals surface area (Å²) in [4.78, 5) is 13.1. The zero-order valence-electron chi connectivity index (χ0n) is 11.3. The normalized spacial score (nSPS) is 22.6. The standard InChI is InChI=1S/C13H25NO3/c1-9(2)13(10(3)4)14-5-6-17-11(8-14)7-12(15)16/h9-11,13H,5-8H2,1-4H3,(H,15,16). The van der Waals surface area contributed by atoms with Crippen molar-refractivity contribution in [1.82, 2.24) is 4.90 Å². The molecular weight excluding hydrogens is 218 g/mol. The maximum atomic E-state index is 10.7. The lowest BCUT2D eigenvalue weighted by molar-refractivity contribution is -0.143. The number of hydrogen-bond donors (Lipinski definition) is 1. The molecule has 1 rings (SSSR count). The first kappa shape index (κ1) is 14.5. The Labute approximate surface area is 104 Å². The molecule has 1 heterocycles. The Morgan fingerprint density at radius 3 is 2.41 bits per heavy atom. The Morgan fingerprint density at radius 1 is 1.35 bits per heavy atom. The number of hydrogen-bond acceptors (Lipinski definition) is 3. The zero-order chi connectivity index (χ0) is 13.0. The minimum Gasteiger partial charge on any atom is -0.481 e. The van der Waals surface area contributed by atoms with Crippen LogP contribution in [0.4, 0.5) is 0 Å². The molecule has 1 aliphatic rings. The van der Waals surface area contributed by atoms with Crippen LogP contribution in [0.2, 0.25) is 0 Å². The van der Waals surface area contributed by atoms with Crippen LogP contribution in [0.5, 0.6) is 0 Å². The van der Waals surface area contributed by atoms with Gasteiger partial charge in [-0.15, -0.1) is 0 Å². The molecule has 0 aliphatic carbocycles. The predicted octanol–water partition coefficient (Wildman–Crippen LogP) is 1.84. The van der Waals surface area contributed by atoms with Crippen molar-refractivity contribution in [2.75, 3.05) is 19.7 Å². The molecule has 1 atom stereocenters. The summed E-state index contributed by atoms with van der Waals surface area (Å²) in [6.07, 6.45) is -0.0411. The van der Waals surface area contributed by atoms with E-state index in [1.165, 1.54) is 0 Å². The van der Waals surface area contributed by atoms with Crippen molar-refractivity contribution in [1.29, 1.82) is 0 Å². The van der Waals surface area contributed by atoms with Gasteiger partial charge >= 0.3 is 5.97 Å². The van der Waals surface area contributed by atoms with E-state index >= 15 is 0 Å². The van der Waals surface area contributed by atoms with Gasteiger partial charge in [-0.3, -0.25) is 9.69 Å². The summed E-state index contributed by atoms with van der Waals surface area (Å²) in [5.41, 5.74) is 0. The number of nitrogens with zero attached hydrogens (tertiary/aromatic N) is 1. The molecule has 0 bridgehead atoms. The third-order valence-electron chi connectivity index (χ3n) is 3.36. The van der Waals surface area contributed by atoms with Crippen molar-refractivity contribution in [3.8, 4) is 0 Å². The number of carboxylic acids is 1. The minimum absolute atomic E-state index is 0.111. The molecule has 1 saturated heterocycles. The van der Waals surface area contributed by atoms with Crippen molar-refractivity contribution >= 4 is 5.97 Å². The molecular formula is C13H25NO3. The quantitative estimate of drug-likeness (QED) is 0.800. The molecule has 0 radical (unpaired) electrons. The molecule has 1 unspecified atom stereocenters. The number of rotatable bonds is 5. The summed E-state index contributed by atoms with van der Waals surface area (Å²) in [6.45, 7) is 11.2. The van der Waals surface area contributed by atoms with E-state index in [0.29, 0.717) is 24.5 Å². The van der Waals surface area contributed by atoms with E-state index < -0.39 is 5.97 Å². The minimum atomic E-state index is -0.775. The lowest BCUT2D eigenvalue weighted by Gasteiger charge is -2.41. The van der Waals surface area contributed by atoms with Crippen LogP contribution >= 0.6 is 0 Å². The van der Waals surface area contributed by atoms with Crippen molar-refractivity contribution in [2.24, 2.45) is 11.8 Å². The summed E-state index contributed by atoms with van der Waals surface area (Å²) < 4.78 is 5.51. The van der Waals surface area contributed by atoms with Gasteiger partial charge in [0, 0.05) is 19.1 Å². The van der Waals surface area contributed by atoms with E-state index in [0.717, 1.165) is 13.1 Å². The van der Waals surface area contributed by atoms with Crippen molar-refractivity contribution < 1.29 is 14.6 Å². The highest BCUT2D eigenvalue weighted by Gasteiger charge is 2.30. The molecule has 0 saturated carbocycles. The topological polar surface area (TPSA) is 49.8 Å². The average molecular weight is 243 g/mol. The van der Waals surface area contributed by atoms with Gasteiger partial charge in [0.05, 0.1) is 19.1 Å². The third kappa shape index (κ3) is 4.28. The largest absolute Gasteiger partial charge is 0.481 e. The molecule has 17 heavy (non-hydrogen) atoms. The highest BCUT2D eigenvalue weighted by Crippen LogP contribution is 2.22. The van der Waals surface area contributed by atoms with Gasteiger partial charge in [-0.1, -0.05) is 27.7 Å². The summed E-state index contributed by atoms with van der Waals surface area (Å²) in [7, 11) is 0. The number of morpholine rings is 1. The maximum Gasteiger partial charge on any atom is 0.306 e. The number of carbonyl (C=O) groups is 1. The van der Waals surface area contributed by atoms with E-state index in [2.05, 4.69) is 32.6 Å². The molecule has 0 aromatic carbocycles. The number of carboxylic acid groups (broad SMARTS) is 1. The van der Waals surface area contributed by atoms with Crippen LogP contribution in [0, 0.1) is 11.8 Å². The summed E-state index contributed by atoms with van der Waals surface area (Å²) in [5, 5.41) is 8.81. The van der Waals surface area contributed by atoms with Gasteiger partial charge in [0.15, 0.2) is 0 Å². The maximum absolute atomic E-state index is 10.7. The Bertz CT molecular complexity index is 245. The van der Waals surface area contributed by atoms with E-state index in [1.54, 1.807) is 0 Å². The number of ether oxygens (including phenoxy) is 1. The van der Waals surface area contributed by atoms with Crippen LogP contribution in [0.1, 0.15) is 34.1 Å². The van der Waals surface area contributed by atoms with E-state index in [-0.39, 0.29) is 12.5 Å². The molecule has 1 fully saturated rings. The summed E-state index contributed by atoms with van der Waals surface area (Å²) in [5.74, 6) is 0.389. The highest BCUT2D eigenvalue weighted by molar-refractivity contribution is 5.67. The average Bonchev–Trinajstić information content (AvgIpc) is 2.15. The second-order valence-corrected chi connectivity index (χ2v) is 5.56.